The minimum Gasteiger partial charge on any atom is -0.349 e. The lowest BCUT2D eigenvalue weighted by Gasteiger charge is -2.31. The van der Waals surface area contributed by atoms with Crippen molar-refractivity contribution in [3.63, 3.8) is 0 Å². The molecule has 2 aromatic rings. The van der Waals surface area contributed by atoms with E-state index in [-0.39, 0.29) is 11.9 Å². The molecule has 1 aromatic carbocycles. The molecule has 1 aromatic heterocycles. The number of benzene rings is 1. The number of hydrogen-bond donors (Lipinski definition) is 1. The zero-order valence-electron chi connectivity index (χ0n) is 16.8. The Bertz CT molecular complexity index is 732. The fourth-order valence-electron chi connectivity index (χ4n) is 4.03. The van der Waals surface area contributed by atoms with Gasteiger partial charge < -0.3 is 10.2 Å². The average Bonchev–Trinajstić information content (AvgIpc) is 3.00. The van der Waals surface area contributed by atoms with Gasteiger partial charge in [-0.25, -0.2) is 0 Å². The van der Waals surface area contributed by atoms with E-state index in [2.05, 4.69) is 45.6 Å². The van der Waals surface area contributed by atoms with Crippen LogP contribution in [0, 0.1) is 12.8 Å². The van der Waals surface area contributed by atoms with Gasteiger partial charge in [0.15, 0.2) is 0 Å². The Hall–Kier alpha value is -2.14. The maximum Gasteiger partial charge on any atom is 0.220 e. The van der Waals surface area contributed by atoms with Crippen LogP contribution < -0.4 is 5.32 Å². The molecule has 0 spiro atoms. The first-order valence-corrected chi connectivity index (χ1v) is 10.1. The van der Waals surface area contributed by atoms with Crippen molar-refractivity contribution in [3.05, 3.63) is 53.3 Å². The number of piperidine rings is 1. The van der Waals surface area contributed by atoms with Crippen LogP contribution >= 0.6 is 0 Å². The van der Waals surface area contributed by atoms with Crippen LogP contribution in [0.2, 0.25) is 0 Å². The highest BCUT2D eigenvalue weighted by Crippen LogP contribution is 2.22. The van der Waals surface area contributed by atoms with Gasteiger partial charge in [0.2, 0.25) is 5.91 Å². The van der Waals surface area contributed by atoms with Gasteiger partial charge in [-0.3, -0.25) is 9.48 Å². The number of likely N-dealkylation sites (tertiary alicyclic amines) is 1. The lowest BCUT2D eigenvalue weighted by molar-refractivity contribution is -0.123. The van der Waals surface area contributed by atoms with Crippen molar-refractivity contribution in [3.8, 4) is 0 Å². The summed E-state index contributed by atoms with van der Waals surface area (Å²) in [5.74, 6) is 0.661. The van der Waals surface area contributed by atoms with Crippen LogP contribution in [-0.2, 0) is 18.3 Å². The van der Waals surface area contributed by atoms with E-state index in [0.29, 0.717) is 12.3 Å². The number of carbonyl (C=O) groups excluding carboxylic acids is 1. The zero-order chi connectivity index (χ0) is 19.2. The molecule has 1 aliphatic rings. The molecule has 0 unspecified atom stereocenters. The highest BCUT2D eigenvalue weighted by Gasteiger charge is 2.22. The third kappa shape index (κ3) is 5.67. The van der Waals surface area contributed by atoms with E-state index in [1.807, 2.05) is 27.1 Å². The number of hydrogen-bond acceptors (Lipinski definition) is 3. The molecule has 1 fully saturated rings. The molecule has 3 rings (SSSR count). The van der Waals surface area contributed by atoms with Gasteiger partial charge in [0, 0.05) is 31.8 Å². The van der Waals surface area contributed by atoms with Crippen LogP contribution in [0.5, 0.6) is 0 Å². The summed E-state index contributed by atoms with van der Waals surface area (Å²) < 4.78 is 1.80. The number of nitrogens with zero attached hydrogens (tertiary/aromatic N) is 3. The second-order valence-corrected chi connectivity index (χ2v) is 7.86. The number of carbonyl (C=O) groups is 1. The highest BCUT2D eigenvalue weighted by molar-refractivity contribution is 5.76. The number of aromatic nitrogens is 2. The summed E-state index contributed by atoms with van der Waals surface area (Å²) in [6, 6.07) is 10.7. The van der Waals surface area contributed by atoms with Crippen molar-refractivity contribution in [1.82, 2.24) is 20.0 Å². The Morgan fingerprint density at radius 1 is 1.26 bits per heavy atom. The number of amides is 1. The minimum absolute atomic E-state index is 0.0113. The van der Waals surface area contributed by atoms with Gasteiger partial charge in [-0.05, 0) is 57.7 Å². The van der Waals surface area contributed by atoms with Crippen molar-refractivity contribution in [1.29, 1.82) is 0 Å². The Morgan fingerprint density at radius 2 is 1.96 bits per heavy atom. The van der Waals surface area contributed by atoms with Crippen LogP contribution in [0.1, 0.15) is 49.0 Å². The van der Waals surface area contributed by atoms with Crippen LogP contribution in [0.3, 0.4) is 0 Å². The molecular weight excluding hydrogens is 336 g/mol. The number of rotatable bonds is 7. The Morgan fingerprint density at radius 3 is 2.59 bits per heavy atom. The summed E-state index contributed by atoms with van der Waals surface area (Å²) in [6.45, 7) is 7.33. The molecule has 0 radical (unpaired) electrons. The van der Waals surface area contributed by atoms with Crippen LogP contribution in [0.4, 0.5) is 0 Å². The van der Waals surface area contributed by atoms with Crippen molar-refractivity contribution < 1.29 is 4.79 Å². The monoisotopic (exact) mass is 368 g/mol. The van der Waals surface area contributed by atoms with E-state index >= 15 is 0 Å². The average molecular weight is 369 g/mol. The lowest BCUT2D eigenvalue weighted by atomic mass is 9.92. The molecule has 5 nitrogen and oxygen atoms in total. The van der Waals surface area contributed by atoms with Crippen LogP contribution in [0.25, 0.3) is 0 Å². The molecule has 27 heavy (non-hydrogen) atoms. The van der Waals surface area contributed by atoms with E-state index in [9.17, 15) is 4.79 Å². The SMILES string of the molecule is Cc1nn(C)cc1[C@H](C)NC(=O)CC1CCN(CCc2ccccc2)CC1. The molecule has 2 heterocycles. The molecule has 0 bridgehead atoms. The highest BCUT2D eigenvalue weighted by atomic mass is 16.1. The molecule has 146 valence electrons. The fourth-order valence-corrected chi connectivity index (χ4v) is 4.03. The van der Waals surface area contributed by atoms with Gasteiger partial charge in [0.05, 0.1) is 11.7 Å². The Balaban J connectivity index is 1.38. The topological polar surface area (TPSA) is 50.2 Å². The molecule has 1 saturated heterocycles. The maximum absolute atomic E-state index is 12.5. The predicted octanol–water partition coefficient (Wildman–Crippen LogP) is 3.25. The second-order valence-electron chi connectivity index (χ2n) is 7.86. The number of aryl methyl sites for hydroxylation is 2. The molecule has 1 atom stereocenters. The van der Waals surface area contributed by atoms with Gasteiger partial charge >= 0.3 is 0 Å². The normalized spacial score (nSPS) is 17.0. The molecule has 1 amide bonds. The molecule has 1 N–H and O–H groups in total. The van der Waals surface area contributed by atoms with Crippen LogP contribution in [0.15, 0.2) is 36.5 Å². The summed E-state index contributed by atoms with van der Waals surface area (Å²) >= 11 is 0. The van der Waals surface area contributed by atoms with E-state index in [1.54, 1.807) is 4.68 Å². The Labute approximate surface area is 162 Å². The lowest BCUT2D eigenvalue weighted by Crippen LogP contribution is -2.37. The second kappa shape index (κ2) is 9.18. The molecule has 0 saturated carbocycles. The molecular formula is C22H32N4O. The van der Waals surface area contributed by atoms with E-state index < -0.39 is 0 Å². The first-order chi connectivity index (χ1) is 13.0. The summed E-state index contributed by atoms with van der Waals surface area (Å²) in [4.78, 5) is 15.0. The predicted molar refractivity (Wildman–Crippen MR) is 108 cm³/mol. The van der Waals surface area contributed by atoms with E-state index in [0.717, 1.165) is 50.2 Å². The summed E-state index contributed by atoms with van der Waals surface area (Å²) in [5, 5.41) is 7.51. The zero-order valence-corrected chi connectivity index (χ0v) is 16.8. The van der Waals surface area contributed by atoms with Crippen molar-refractivity contribution in [2.45, 2.75) is 45.6 Å². The maximum atomic E-state index is 12.5. The van der Waals surface area contributed by atoms with E-state index in [4.69, 9.17) is 0 Å². The first-order valence-electron chi connectivity index (χ1n) is 10.1. The standard InChI is InChI=1S/C22H32N4O/c1-17(21-16-25(3)24-18(21)2)23-22(27)15-20-10-13-26(14-11-20)12-9-19-7-5-4-6-8-19/h4-8,16-17,20H,9-15H2,1-3H3,(H,23,27)/t17-/m0/s1. The smallest absolute Gasteiger partial charge is 0.220 e. The molecule has 1 aliphatic heterocycles. The van der Waals surface area contributed by atoms with Gasteiger partial charge in [0.1, 0.15) is 0 Å². The van der Waals surface area contributed by atoms with Gasteiger partial charge in [-0.1, -0.05) is 30.3 Å². The largest absolute Gasteiger partial charge is 0.349 e. The number of nitrogens with one attached hydrogen (secondary N) is 1. The quantitative estimate of drug-likeness (QED) is 0.816. The minimum atomic E-state index is 0.0113. The van der Waals surface area contributed by atoms with Crippen molar-refractivity contribution in [2.75, 3.05) is 19.6 Å². The molecule has 5 heteroatoms. The summed E-state index contributed by atoms with van der Waals surface area (Å²) in [7, 11) is 1.91. The van der Waals surface area contributed by atoms with Gasteiger partial charge in [0.25, 0.3) is 0 Å². The first kappa shape index (κ1) is 19.6. The summed E-state index contributed by atoms with van der Waals surface area (Å²) in [6.07, 6.45) is 5.96. The molecule has 0 aliphatic carbocycles. The van der Waals surface area contributed by atoms with E-state index in [1.165, 1.54) is 5.56 Å². The van der Waals surface area contributed by atoms with Gasteiger partial charge in [-0.2, -0.15) is 5.10 Å². The summed E-state index contributed by atoms with van der Waals surface area (Å²) in [5.41, 5.74) is 3.48. The van der Waals surface area contributed by atoms with Crippen molar-refractivity contribution in [2.24, 2.45) is 13.0 Å². The van der Waals surface area contributed by atoms with Gasteiger partial charge in [-0.15, -0.1) is 0 Å². The third-order valence-electron chi connectivity index (χ3n) is 5.64. The third-order valence-corrected chi connectivity index (χ3v) is 5.64. The Kier molecular flexibility index (Phi) is 6.67. The fraction of sp³-hybridized carbons (Fsp3) is 0.545. The van der Waals surface area contributed by atoms with Crippen molar-refractivity contribution >= 4 is 5.91 Å². The van der Waals surface area contributed by atoms with Crippen LogP contribution in [-0.4, -0.2) is 40.2 Å².